The molecule has 0 fully saturated rings. The summed E-state index contributed by atoms with van der Waals surface area (Å²) in [5, 5.41) is 6.43. The van der Waals surface area contributed by atoms with Crippen LogP contribution < -0.4 is 15.4 Å². The van der Waals surface area contributed by atoms with Gasteiger partial charge in [-0.1, -0.05) is 6.92 Å². The van der Waals surface area contributed by atoms with E-state index >= 15 is 0 Å². The molecule has 0 saturated heterocycles. The van der Waals surface area contributed by atoms with E-state index in [1.54, 1.807) is 38.3 Å². The summed E-state index contributed by atoms with van der Waals surface area (Å²) in [4.78, 5) is 0.281. The first-order chi connectivity index (χ1) is 9.60. The van der Waals surface area contributed by atoms with Crippen molar-refractivity contribution in [3.8, 4) is 0 Å². The maximum Gasteiger partial charge on any atom is 0.240 e. The molecule has 3 N–H and O–H groups in total. The number of ether oxygens (including phenoxy) is 1. The van der Waals surface area contributed by atoms with Gasteiger partial charge in [-0.05, 0) is 24.3 Å². The van der Waals surface area contributed by atoms with Gasteiger partial charge in [0.2, 0.25) is 10.0 Å². The van der Waals surface area contributed by atoms with E-state index in [1.165, 1.54) is 0 Å². The van der Waals surface area contributed by atoms with Crippen molar-refractivity contribution in [2.24, 2.45) is 0 Å². The second kappa shape index (κ2) is 8.91. The van der Waals surface area contributed by atoms with Crippen LogP contribution in [-0.2, 0) is 14.8 Å². The molecule has 0 heterocycles. The molecule has 0 atom stereocenters. The van der Waals surface area contributed by atoms with Crippen LogP contribution in [0.25, 0.3) is 0 Å². The summed E-state index contributed by atoms with van der Waals surface area (Å²) >= 11 is 0. The van der Waals surface area contributed by atoms with E-state index in [1.807, 2.05) is 0 Å². The summed E-state index contributed by atoms with van der Waals surface area (Å²) in [6.45, 7) is 5.23. The molecule has 0 saturated carbocycles. The molecule has 0 aliphatic heterocycles. The van der Waals surface area contributed by atoms with E-state index in [9.17, 15) is 8.42 Å². The third-order valence-electron chi connectivity index (χ3n) is 2.61. The third kappa shape index (κ3) is 5.87. The Labute approximate surface area is 121 Å². The molecule has 6 nitrogen and oxygen atoms in total. The molecule has 0 spiro atoms. The van der Waals surface area contributed by atoms with Gasteiger partial charge in [0.05, 0.1) is 11.5 Å². The predicted octanol–water partition coefficient (Wildman–Crippen LogP) is 0.633. The van der Waals surface area contributed by atoms with Crippen LogP contribution in [0.2, 0.25) is 0 Å². The molecule has 1 aromatic rings. The Hall–Kier alpha value is -1.15. The Bertz CT molecular complexity index is 474. The van der Waals surface area contributed by atoms with Crippen molar-refractivity contribution in [2.75, 3.05) is 45.2 Å². The molecule has 0 aliphatic carbocycles. The van der Waals surface area contributed by atoms with Gasteiger partial charge in [-0.3, -0.25) is 0 Å². The molecule has 0 aromatic heterocycles. The number of nitrogens with one attached hydrogen (secondary N) is 3. The highest BCUT2D eigenvalue weighted by Gasteiger charge is 2.11. The summed E-state index contributed by atoms with van der Waals surface area (Å²) in [6, 6.07) is 6.72. The summed E-state index contributed by atoms with van der Waals surface area (Å²) in [5.41, 5.74) is 0.897. The molecular formula is C13H23N3O3S. The van der Waals surface area contributed by atoms with Gasteiger partial charge in [0.1, 0.15) is 0 Å². The number of sulfonamides is 1. The lowest BCUT2D eigenvalue weighted by molar-refractivity contribution is 0.200. The number of benzene rings is 1. The number of hydrogen-bond acceptors (Lipinski definition) is 5. The highest BCUT2D eigenvalue weighted by Crippen LogP contribution is 2.13. The fourth-order valence-electron chi connectivity index (χ4n) is 1.62. The van der Waals surface area contributed by atoms with Gasteiger partial charge in [-0.15, -0.1) is 0 Å². The second-order valence-corrected chi connectivity index (χ2v) is 5.96. The van der Waals surface area contributed by atoms with E-state index in [2.05, 4.69) is 15.4 Å². The lowest BCUT2D eigenvalue weighted by Gasteiger charge is -2.09. The first-order valence-corrected chi connectivity index (χ1v) is 8.11. The Morgan fingerprint density at radius 1 is 1.10 bits per heavy atom. The van der Waals surface area contributed by atoms with Gasteiger partial charge in [0, 0.05) is 39.0 Å². The molecular weight excluding hydrogens is 278 g/mol. The van der Waals surface area contributed by atoms with E-state index in [4.69, 9.17) is 4.74 Å². The van der Waals surface area contributed by atoms with Crippen LogP contribution in [0, 0.1) is 0 Å². The lowest BCUT2D eigenvalue weighted by Crippen LogP contribution is -2.25. The molecule has 0 aliphatic rings. The summed E-state index contributed by atoms with van der Waals surface area (Å²) in [6.07, 6.45) is 0. The van der Waals surface area contributed by atoms with E-state index in [-0.39, 0.29) is 4.90 Å². The van der Waals surface area contributed by atoms with Crippen LogP contribution in [0.15, 0.2) is 29.2 Å². The van der Waals surface area contributed by atoms with Crippen LogP contribution in [0.5, 0.6) is 0 Å². The average Bonchev–Trinajstić information content (AvgIpc) is 2.43. The van der Waals surface area contributed by atoms with Gasteiger partial charge < -0.3 is 15.4 Å². The minimum absolute atomic E-state index is 0.281. The topological polar surface area (TPSA) is 79.5 Å². The SMILES string of the molecule is CCNS(=O)(=O)c1ccc(NCCNCCOC)cc1. The largest absolute Gasteiger partial charge is 0.384 e. The molecule has 7 heteroatoms. The van der Waals surface area contributed by atoms with Gasteiger partial charge in [-0.25, -0.2) is 13.1 Å². The van der Waals surface area contributed by atoms with Gasteiger partial charge in [0.25, 0.3) is 0 Å². The Morgan fingerprint density at radius 3 is 2.40 bits per heavy atom. The maximum atomic E-state index is 11.8. The van der Waals surface area contributed by atoms with Crippen molar-refractivity contribution >= 4 is 15.7 Å². The Kier molecular flexibility index (Phi) is 7.53. The highest BCUT2D eigenvalue weighted by atomic mass is 32.2. The number of rotatable bonds is 10. The van der Waals surface area contributed by atoms with Gasteiger partial charge in [-0.2, -0.15) is 0 Å². The van der Waals surface area contributed by atoms with Crippen LogP contribution in [0.1, 0.15) is 6.92 Å². The smallest absolute Gasteiger partial charge is 0.240 e. The lowest BCUT2D eigenvalue weighted by atomic mass is 10.3. The van der Waals surface area contributed by atoms with Crippen molar-refractivity contribution in [1.29, 1.82) is 0 Å². The minimum Gasteiger partial charge on any atom is -0.384 e. The summed E-state index contributed by atoms with van der Waals surface area (Å²) < 4.78 is 30.9. The number of hydrogen-bond donors (Lipinski definition) is 3. The fraction of sp³-hybridized carbons (Fsp3) is 0.538. The molecule has 1 aromatic carbocycles. The fourth-order valence-corrected chi connectivity index (χ4v) is 2.66. The Balaban J connectivity index is 2.39. The average molecular weight is 301 g/mol. The number of anilines is 1. The molecule has 0 radical (unpaired) electrons. The van der Waals surface area contributed by atoms with Gasteiger partial charge in [0.15, 0.2) is 0 Å². The zero-order valence-corrected chi connectivity index (χ0v) is 12.8. The van der Waals surface area contributed by atoms with Crippen LogP contribution in [0.3, 0.4) is 0 Å². The Morgan fingerprint density at radius 2 is 1.80 bits per heavy atom. The van der Waals surface area contributed by atoms with Crippen LogP contribution >= 0.6 is 0 Å². The zero-order chi connectivity index (χ0) is 14.8. The van der Waals surface area contributed by atoms with Crippen LogP contribution in [-0.4, -0.2) is 48.3 Å². The van der Waals surface area contributed by atoms with Gasteiger partial charge >= 0.3 is 0 Å². The van der Waals surface area contributed by atoms with E-state index in [0.29, 0.717) is 13.2 Å². The molecule has 0 unspecified atom stereocenters. The van der Waals surface area contributed by atoms with Crippen LogP contribution in [0.4, 0.5) is 5.69 Å². The molecule has 0 amide bonds. The van der Waals surface area contributed by atoms with E-state index in [0.717, 1.165) is 25.3 Å². The molecule has 0 bridgehead atoms. The normalized spacial score (nSPS) is 11.5. The second-order valence-electron chi connectivity index (χ2n) is 4.20. The number of methoxy groups -OCH3 is 1. The quantitative estimate of drug-likeness (QED) is 0.553. The maximum absolute atomic E-state index is 11.8. The standard InChI is InChI=1S/C13H23N3O3S/c1-3-16-20(17,18)13-6-4-12(5-7-13)15-9-8-14-10-11-19-2/h4-7,14-16H,3,8-11H2,1-2H3. The van der Waals surface area contributed by atoms with E-state index < -0.39 is 10.0 Å². The van der Waals surface area contributed by atoms with Crippen molar-refractivity contribution < 1.29 is 13.2 Å². The first-order valence-electron chi connectivity index (χ1n) is 6.63. The van der Waals surface area contributed by atoms with Crippen molar-refractivity contribution in [2.45, 2.75) is 11.8 Å². The van der Waals surface area contributed by atoms with Crippen molar-refractivity contribution in [1.82, 2.24) is 10.0 Å². The molecule has 20 heavy (non-hydrogen) atoms. The van der Waals surface area contributed by atoms with Crippen molar-refractivity contribution in [3.05, 3.63) is 24.3 Å². The first kappa shape index (κ1) is 16.9. The predicted molar refractivity (Wildman–Crippen MR) is 80.5 cm³/mol. The minimum atomic E-state index is -3.37. The highest BCUT2D eigenvalue weighted by molar-refractivity contribution is 7.89. The monoisotopic (exact) mass is 301 g/mol. The van der Waals surface area contributed by atoms with Crippen molar-refractivity contribution in [3.63, 3.8) is 0 Å². The third-order valence-corrected chi connectivity index (χ3v) is 4.17. The zero-order valence-electron chi connectivity index (χ0n) is 12.0. The molecule has 1 rings (SSSR count). The molecule has 114 valence electrons. The summed E-state index contributed by atoms with van der Waals surface area (Å²) in [7, 11) is -1.70. The summed E-state index contributed by atoms with van der Waals surface area (Å²) in [5.74, 6) is 0.